The quantitative estimate of drug-likeness (QED) is 0.773. The first-order chi connectivity index (χ1) is 11.2. The van der Waals surface area contributed by atoms with Gasteiger partial charge in [0.25, 0.3) is 11.8 Å². The van der Waals surface area contributed by atoms with Crippen molar-refractivity contribution in [2.75, 3.05) is 13.6 Å². The van der Waals surface area contributed by atoms with E-state index in [-0.39, 0.29) is 10.5 Å². The van der Waals surface area contributed by atoms with Gasteiger partial charge in [-0.1, -0.05) is 12.1 Å². The molecule has 0 unspecified atom stereocenters. The minimum atomic E-state index is -4.11. The lowest BCUT2D eigenvalue weighted by Crippen LogP contribution is -2.37. The van der Waals surface area contributed by atoms with Crippen molar-refractivity contribution in [3.05, 3.63) is 41.5 Å². The van der Waals surface area contributed by atoms with Crippen LogP contribution >= 0.6 is 0 Å². The van der Waals surface area contributed by atoms with E-state index in [9.17, 15) is 22.8 Å². The van der Waals surface area contributed by atoms with Gasteiger partial charge in [0.15, 0.2) is 0 Å². The Balaban J connectivity index is 2.24. The Kier molecular flexibility index (Phi) is 3.61. The van der Waals surface area contributed by atoms with E-state index in [1.807, 2.05) is 4.72 Å². The molecule has 24 heavy (non-hydrogen) atoms. The zero-order valence-electron chi connectivity index (χ0n) is 12.4. The number of rotatable bonds is 4. The summed E-state index contributed by atoms with van der Waals surface area (Å²) in [6.45, 7) is -0.776. The third-order valence-corrected chi connectivity index (χ3v) is 5.12. The molecule has 8 nitrogen and oxygen atoms in total. The fourth-order valence-corrected chi connectivity index (χ4v) is 3.63. The molecule has 1 aliphatic heterocycles. The maximum atomic E-state index is 12.4. The van der Waals surface area contributed by atoms with Gasteiger partial charge in [0.05, 0.1) is 4.90 Å². The summed E-state index contributed by atoms with van der Waals surface area (Å²) in [6.07, 6.45) is 0. The highest BCUT2D eigenvalue weighted by atomic mass is 32.2. The molecule has 2 amide bonds. The summed E-state index contributed by atoms with van der Waals surface area (Å²) in [4.78, 5) is 35.8. The summed E-state index contributed by atoms with van der Waals surface area (Å²) in [5.41, 5.74) is 0.396. The molecule has 9 heteroatoms. The lowest BCUT2D eigenvalue weighted by atomic mass is 9.94. The predicted molar refractivity (Wildman–Crippen MR) is 83.2 cm³/mol. The molecule has 0 atom stereocenters. The number of carbonyl (C=O) groups excluding carboxylic acids is 2. The molecule has 0 spiro atoms. The van der Waals surface area contributed by atoms with Crippen LogP contribution in [-0.2, 0) is 14.8 Å². The second kappa shape index (κ2) is 5.39. The zero-order chi connectivity index (χ0) is 17.6. The standard InChI is InChI=1S/C15H12N2O6S/c1-17-14(20)10-4-2-3-8-5-9(6-11(13(8)10)15(17)21)24(22,23)16-7-12(18)19/h2-6,16H,7H2,1H3,(H,18,19). The molecule has 2 N–H and O–H groups in total. The van der Waals surface area contributed by atoms with Crippen molar-refractivity contribution >= 4 is 38.6 Å². The first-order valence-electron chi connectivity index (χ1n) is 6.83. The highest BCUT2D eigenvalue weighted by molar-refractivity contribution is 7.89. The molecule has 3 rings (SSSR count). The SMILES string of the molecule is CN1C(=O)c2cccc3cc(S(=O)(=O)NCC(=O)O)cc(c23)C1=O. The molecule has 0 aliphatic carbocycles. The molecule has 2 aromatic rings. The van der Waals surface area contributed by atoms with E-state index < -0.39 is 34.4 Å². The van der Waals surface area contributed by atoms with Crippen molar-refractivity contribution in [1.82, 2.24) is 9.62 Å². The van der Waals surface area contributed by atoms with Gasteiger partial charge in [0.1, 0.15) is 6.54 Å². The van der Waals surface area contributed by atoms with Crippen LogP contribution in [0.2, 0.25) is 0 Å². The molecule has 0 aromatic heterocycles. The van der Waals surface area contributed by atoms with E-state index >= 15 is 0 Å². The van der Waals surface area contributed by atoms with Crippen molar-refractivity contribution in [1.29, 1.82) is 0 Å². The number of amides is 2. The Morgan fingerprint density at radius 3 is 2.50 bits per heavy atom. The molecule has 0 saturated heterocycles. The molecule has 0 bridgehead atoms. The van der Waals surface area contributed by atoms with Crippen molar-refractivity contribution < 1.29 is 27.9 Å². The summed E-state index contributed by atoms with van der Waals surface area (Å²) < 4.78 is 26.4. The number of benzene rings is 2. The van der Waals surface area contributed by atoms with Gasteiger partial charge in [0.2, 0.25) is 10.0 Å². The van der Waals surface area contributed by atoms with Crippen LogP contribution in [0.3, 0.4) is 0 Å². The summed E-state index contributed by atoms with van der Waals surface area (Å²) >= 11 is 0. The highest BCUT2D eigenvalue weighted by Gasteiger charge is 2.31. The Morgan fingerprint density at radius 2 is 1.83 bits per heavy atom. The Labute approximate surface area is 136 Å². The van der Waals surface area contributed by atoms with Crippen LogP contribution in [0, 0.1) is 0 Å². The zero-order valence-corrected chi connectivity index (χ0v) is 13.3. The van der Waals surface area contributed by atoms with Gasteiger partial charge in [-0.15, -0.1) is 0 Å². The van der Waals surface area contributed by atoms with Crippen LogP contribution in [0.4, 0.5) is 0 Å². The first kappa shape index (κ1) is 16.1. The second-order valence-corrected chi connectivity index (χ2v) is 7.03. The van der Waals surface area contributed by atoms with Gasteiger partial charge in [-0.3, -0.25) is 19.3 Å². The van der Waals surface area contributed by atoms with Crippen LogP contribution in [0.25, 0.3) is 10.8 Å². The van der Waals surface area contributed by atoms with Crippen LogP contribution < -0.4 is 4.72 Å². The molecule has 0 radical (unpaired) electrons. The van der Waals surface area contributed by atoms with Gasteiger partial charge in [0, 0.05) is 23.6 Å². The molecular formula is C15H12N2O6S. The highest BCUT2D eigenvalue weighted by Crippen LogP contribution is 2.31. The fourth-order valence-electron chi connectivity index (χ4n) is 2.60. The number of hydrogen-bond acceptors (Lipinski definition) is 5. The predicted octanol–water partition coefficient (Wildman–Crippen LogP) is 0.429. The minimum Gasteiger partial charge on any atom is -0.480 e. The molecule has 0 saturated carbocycles. The second-order valence-electron chi connectivity index (χ2n) is 5.26. The number of imide groups is 1. The fraction of sp³-hybridized carbons (Fsp3) is 0.133. The largest absolute Gasteiger partial charge is 0.480 e. The van der Waals surface area contributed by atoms with Gasteiger partial charge < -0.3 is 5.11 Å². The smallest absolute Gasteiger partial charge is 0.318 e. The topological polar surface area (TPSA) is 121 Å². The number of carboxylic acid groups (broad SMARTS) is 1. The normalized spacial score (nSPS) is 14.3. The molecular weight excluding hydrogens is 336 g/mol. The Bertz CT molecular complexity index is 1010. The molecule has 0 fully saturated rings. The Hall–Kier alpha value is -2.78. The number of carbonyl (C=O) groups is 3. The number of sulfonamides is 1. The average molecular weight is 348 g/mol. The molecule has 124 valence electrons. The van der Waals surface area contributed by atoms with Gasteiger partial charge in [-0.05, 0) is 23.6 Å². The van der Waals surface area contributed by atoms with Crippen molar-refractivity contribution in [3.8, 4) is 0 Å². The third kappa shape index (κ3) is 2.43. The van der Waals surface area contributed by atoms with Gasteiger partial charge in [-0.25, -0.2) is 8.42 Å². The van der Waals surface area contributed by atoms with E-state index in [0.717, 1.165) is 11.0 Å². The molecule has 1 heterocycles. The number of aliphatic carboxylic acids is 1. The Morgan fingerprint density at radius 1 is 1.17 bits per heavy atom. The summed E-state index contributed by atoms with van der Waals surface area (Å²) in [7, 11) is -2.79. The summed E-state index contributed by atoms with van der Waals surface area (Å²) in [5, 5.41) is 9.43. The molecule has 2 aromatic carbocycles. The summed E-state index contributed by atoms with van der Waals surface area (Å²) in [5.74, 6) is -2.40. The maximum absolute atomic E-state index is 12.4. The van der Waals surface area contributed by atoms with E-state index in [0.29, 0.717) is 16.3 Å². The number of hydrogen-bond donors (Lipinski definition) is 2. The van der Waals surface area contributed by atoms with Crippen LogP contribution in [0.1, 0.15) is 20.7 Å². The van der Waals surface area contributed by atoms with Crippen LogP contribution in [0.5, 0.6) is 0 Å². The average Bonchev–Trinajstić information content (AvgIpc) is 2.55. The first-order valence-corrected chi connectivity index (χ1v) is 8.31. The van der Waals surface area contributed by atoms with E-state index in [4.69, 9.17) is 5.11 Å². The monoisotopic (exact) mass is 348 g/mol. The number of carboxylic acids is 1. The van der Waals surface area contributed by atoms with Crippen molar-refractivity contribution in [2.45, 2.75) is 4.90 Å². The van der Waals surface area contributed by atoms with Crippen molar-refractivity contribution in [3.63, 3.8) is 0 Å². The van der Waals surface area contributed by atoms with Gasteiger partial charge >= 0.3 is 5.97 Å². The maximum Gasteiger partial charge on any atom is 0.318 e. The van der Waals surface area contributed by atoms with Crippen LogP contribution in [0.15, 0.2) is 35.2 Å². The lowest BCUT2D eigenvalue weighted by molar-refractivity contribution is -0.135. The lowest BCUT2D eigenvalue weighted by Gasteiger charge is -2.24. The van der Waals surface area contributed by atoms with Gasteiger partial charge in [-0.2, -0.15) is 4.72 Å². The van der Waals surface area contributed by atoms with E-state index in [1.165, 1.54) is 13.1 Å². The molecule has 1 aliphatic rings. The number of nitrogens with zero attached hydrogens (tertiary/aromatic N) is 1. The summed E-state index contributed by atoms with van der Waals surface area (Å²) in [6, 6.07) is 7.20. The van der Waals surface area contributed by atoms with Crippen LogP contribution in [-0.4, -0.2) is 49.8 Å². The third-order valence-electron chi connectivity index (χ3n) is 3.74. The van der Waals surface area contributed by atoms with E-state index in [1.54, 1.807) is 18.2 Å². The van der Waals surface area contributed by atoms with E-state index in [2.05, 4.69) is 0 Å². The minimum absolute atomic E-state index is 0.0842. The number of nitrogens with one attached hydrogen (secondary N) is 1. The van der Waals surface area contributed by atoms with Crippen molar-refractivity contribution in [2.24, 2.45) is 0 Å².